The first kappa shape index (κ1) is 21.0. The van der Waals surface area contributed by atoms with Gasteiger partial charge in [0.15, 0.2) is 0 Å². The summed E-state index contributed by atoms with van der Waals surface area (Å²) in [5.74, 6) is 2.06. The van der Waals surface area contributed by atoms with E-state index in [-0.39, 0.29) is 17.9 Å². The highest BCUT2D eigenvalue weighted by molar-refractivity contribution is 5.83. The van der Waals surface area contributed by atoms with Crippen LogP contribution in [0.3, 0.4) is 0 Å². The summed E-state index contributed by atoms with van der Waals surface area (Å²) in [6.07, 6.45) is 8.26. The SMILES string of the molecule is Cc1ccc([C@H](CCC(=O)O)N2CCN(C(=O)C34CC5CC(CC(C5)C3)C4)CC2)cc1. The molecule has 4 saturated carbocycles. The molecule has 6 rings (SSSR count). The van der Waals surface area contributed by atoms with Gasteiger partial charge in [-0.05, 0) is 75.2 Å². The summed E-state index contributed by atoms with van der Waals surface area (Å²) >= 11 is 0. The third kappa shape index (κ3) is 4.13. The van der Waals surface area contributed by atoms with E-state index in [4.69, 9.17) is 0 Å². The molecule has 0 unspecified atom stereocenters. The summed E-state index contributed by atoms with van der Waals surface area (Å²) in [5, 5.41) is 9.25. The zero-order valence-electron chi connectivity index (χ0n) is 18.8. The lowest BCUT2D eigenvalue weighted by molar-refractivity contribution is -0.159. The summed E-state index contributed by atoms with van der Waals surface area (Å²) in [7, 11) is 0. The van der Waals surface area contributed by atoms with Gasteiger partial charge < -0.3 is 10.0 Å². The number of nitrogens with zero attached hydrogens (tertiary/aromatic N) is 2. The van der Waals surface area contributed by atoms with Crippen molar-refractivity contribution in [3.63, 3.8) is 0 Å². The first-order chi connectivity index (χ1) is 14.9. The number of benzene rings is 1. The average Bonchev–Trinajstić information content (AvgIpc) is 2.74. The van der Waals surface area contributed by atoms with E-state index in [1.165, 1.54) is 30.4 Å². The molecule has 1 atom stereocenters. The van der Waals surface area contributed by atoms with E-state index in [1.54, 1.807) is 0 Å². The summed E-state index contributed by atoms with van der Waals surface area (Å²) < 4.78 is 0. The van der Waals surface area contributed by atoms with Crippen LogP contribution in [0.5, 0.6) is 0 Å². The Morgan fingerprint density at radius 1 is 0.968 bits per heavy atom. The molecule has 1 aromatic carbocycles. The van der Waals surface area contributed by atoms with Gasteiger partial charge in [-0.2, -0.15) is 0 Å². The highest BCUT2D eigenvalue weighted by Gasteiger charge is 2.55. The number of carboxylic acid groups (broad SMARTS) is 1. The van der Waals surface area contributed by atoms with E-state index in [9.17, 15) is 14.7 Å². The van der Waals surface area contributed by atoms with E-state index in [0.29, 0.717) is 12.3 Å². The molecule has 0 spiro atoms. The zero-order valence-corrected chi connectivity index (χ0v) is 18.8. The highest BCUT2D eigenvalue weighted by atomic mass is 16.4. The quantitative estimate of drug-likeness (QED) is 0.741. The number of aliphatic carboxylic acids is 1. The summed E-state index contributed by atoms with van der Waals surface area (Å²) in [6.45, 7) is 5.28. The number of carbonyl (C=O) groups excluding carboxylic acids is 1. The van der Waals surface area contributed by atoms with Gasteiger partial charge in [0.05, 0.1) is 5.41 Å². The van der Waals surface area contributed by atoms with Crippen LogP contribution in [0.25, 0.3) is 0 Å². The second kappa shape index (κ2) is 8.23. The Kier molecular flexibility index (Phi) is 5.58. The molecule has 1 aliphatic heterocycles. The Bertz CT molecular complexity index is 790. The van der Waals surface area contributed by atoms with Crippen molar-refractivity contribution in [2.24, 2.45) is 23.2 Å². The number of amides is 1. The van der Waals surface area contributed by atoms with Crippen LogP contribution in [0.2, 0.25) is 0 Å². The normalized spacial score (nSPS) is 33.5. The van der Waals surface area contributed by atoms with E-state index < -0.39 is 5.97 Å². The van der Waals surface area contributed by atoms with Crippen molar-refractivity contribution in [2.45, 2.75) is 64.3 Å². The lowest BCUT2D eigenvalue weighted by atomic mass is 9.49. The number of carbonyl (C=O) groups is 2. The van der Waals surface area contributed by atoms with Crippen LogP contribution in [0.1, 0.15) is 68.5 Å². The van der Waals surface area contributed by atoms with Crippen LogP contribution in [-0.2, 0) is 9.59 Å². The summed E-state index contributed by atoms with van der Waals surface area (Å²) in [4.78, 5) is 29.5. The maximum Gasteiger partial charge on any atom is 0.303 e. The van der Waals surface area contributed by atoms with Crippen LogP contribution in [-0.4, -0.2) is 53.0 Å². The molecule has 1 N–H and O–H groups in total. The lowest BCUT2D eigenvalue weighted by Crippen LogP contribution is -2.58. The van der Waals surface area contributed by atoms with Crippen molar-refractivity contribution in [3.05, 3.63) is 35.4 Å². The van der Waals surface area contributed by atoms with E-state index in [2.05, 4.69) is 41.0 Å². The Morgan fingerprint density at radius 3 is 2.03 bits per heavy atom. The van der Waals surface area contributed by atoms with Crippen molar-refractivity contribution in [1.82, 2.24) is 9.80 Å². The molecule has 31 heavy (non-hydrogen) atoms. The Balaban J connectivity index is 1.25. The van der Waals surface area contributed by atoms with Gasteiger partial charge in [-0.1, -0.05) is 29.8 Å². The molecule has 1 saturated heterocycles. The topological polar surface area (TPSA) is 60.9 Å². The predicted molar refractivity (Wildman–Crippen MR) is 120 cm³/mol. The molecule has 4 aliphatic carbocycles. The summed E-state index contributed by atoms with van der Waals surface area (Å²) in [6, 6.07) is 8.59. The third-order valence-electron chi connectivity index (χ3n) is 8.63. The fraction of sp³-hybridized carbons (Fsp3) is 0.692. The minimum Gasteiger partial charge on any atom is -0.481 e. The van der Waals surface area contributed by atoms with Gasteiger partial charge in [-0.3, -0.25) is 14.5 Å². The maximum absolute atomic E-state index is 13.7. The van der Waals surface area contributed by atoms with Crippen molar-refractivity contribution < 1.29 is 14.7 Å². The van der Waals surface area contributed by atoms with Gasteiger partial charge in [0.25, 0.3) is 0 Å². The van der Waals surface area contributed by atoms with Crippen molar-refractivity contribution in [3.8, 4) is 0 Å². The number of aryl methyl sites for hydroxylation is 1. The molecule has 5 nitrogen and oxygen atoms in total. The first-order valence-electron chi connectivity index (χ1n) is 12.2. The average molecular weight is 425 g/mol. The van der Waals surface area contributed by atoms with E-state index in [0.717, 1.165) is 63.2 Å². The van der Waals surface area contributed by atoms with Crippen molar-refractivity contribution in [1.29, 1.82) is 0 Å². The van der Waals surface area contributed by atoms with Gasteiger partial charge in [0.2, 0.25) is 5.91 Å². The van der Waals surface area contributed by atoms with Crippen LogP contribution >= 0.6 is 0 Å². The molecule has 5 aliphatic rings. The molecule has 1 amide bonds. The number of hydrogen-bond donors (Lipinski definition) is 1. The molecule has 5 heteroatoms. The van der Waals surface area contributed by atoms with Gasteiger partial charge >= 0.3 is 5.97 Å². The monoisotopic (exact) mass is 424 g/mol. The maximum atomic E-state index is 13.7. The Labute approximate surface area is 185 Å². The minimum absolute atomic E-state index is 0.0589. The number of rotatable bonds is 6. The standard InChI is InChI=1S/C26H36N2O3/c1-18-2-4-22(5-3-18)23(6-7-24(29)30)27-8-10-28(11-9-27)25(31)26-15-19-12-20(16-26)14-21(13-19)17-26/h2-5,19-21,23H,6-17H2,1H3,(H,29,30)/t19?,20?,21?,23-,26?/m0/s1. The van der Waals surface area contributed by atoms with Crippen LogP contribution in [0, 0.1) is 30.1 Å². The largest absolute Gasteiger partial charge is 0.481 e. The molecule has 168 valence electrons. The van der Waals surface area contributed by atoms with Crippen molar-refractivity contribution in [2.75, 3.05) is 26.2 Å². The molecule has 4 bridgehead atoms. The second-order valence-electron chi connectivity index (χ2n) is 10.9. The predicted octanol–water partition coefficient (Wildman–Crippen LogP) is 4.26. The molecule has 1 heterocycles. The Hall–Kier alpha value is -1.88. The van der Waals surface area contributed by atoms with Crippen LogP contribution in [0.4, 0.5) is 0 Å². The molecule has 1 aromatic rings. The minimum atomic E-state index is -0.743. The second-order valence-corrected chi connectivity index (χ2v) is 10.9. The highest BCUT2D eigenvalue weighted by Crippen LogP contribution is 2.60. The van der Waals surface area contributed by atoms with E-state index in [1.807, 2.05) is 0 Å². The first-order valence-corrected chi connectivity index (χ1v) is 12.2. The third-order valence-corrected chi connectivity index (χ3v) is 8.63. The lowest BCUT2D eigenvalue weighted by Gasteiger charge is -2.57. The molecule has 0 aromatic heterocycles. The number of piperazine rings is 1. The molecule has 0 radical (unpaired) electrons. The van der Waals surface area contributed by atoms with Crippen molar-refractivity contribution >= 4 is 11.9 Å². The summed E-state index contributed by atoms with van der Waals surface area (Å²) in [5.41, 5.74) is 2.34. The molecular weight excluding hydrogens is 388 g/mol. The van der Waals surface area contributed by atoms with Gasteiger partial charge in [-0.25, -0.2) is 0 Å². The molecular formula is C26H36N2O3. The van der Waals surface area contributed by atoms with Crippen LogP contribution in [0.15, 0.2) is 24.3 Å². The van der Waals surface area contributed by atoms with Gasteiger partial charge in [0, 0.05) is 38.6 Å². The number of carboxylic acids is 1. The fourth-order valence-corrected chi connectivity index (χ4v) is 7.55. The fourth-order valence-electron chi connectivity index (χ4n) is 7.55. The van der Waals surface area contributed by atoms with Gasteiger partial charge in [0.1, 0.15) is 0 Å². The van der Waals surface area contributed by atoms with Crippen LogP contribution < -0.4 is 0 Å². The smallest absolute Gasteiger partial charge is 0.303 e. The van der Waals surface area contributed by atoms with Gasteiger partial charge in [-0.15, -0.1) is 0 Å². The number of hydrogen-bond acceptors (Lipinski definition) is 3. The molecule has 5 fully saturated rings. The Morgan fingerprint density at radius 2 is 1.52 bits per heavy atom. The zero-order chi connectivity index (χ0) is 21.6. The van der Waals surface area contributed by atoms with E-state index >= 15 is 0 Å².